The summed E-state index contributed by atoms with van der Waals surface area (Å²) in [5.74, 6) is 1.12. The van der Waals surface area contributed by atoms with E-state index < -0.39 is 0 Å². The van der Waals surface area contributed by atoms with E-state index >= 15 is 0 Å². The third kappa shape index (κ3) is 4.46. The van der Waals surface area contributed by atoms with Crippen LogP contribution in [-0.4, -0.2) is 25.1 Å². The summed E-state index contributed by atoms with van der Waals surface area (Å²) >= 11 is 1.42. The van der Waals surface area contributed by atoms with E-state index in [4.69, 9.17) is 9.47 Å². The molecule has 0 radical (unpaired) electrons. The molecular formula is C21H22N2O3S. The van der Waals surface area contributed by atoms with Gasteiger partial charge in [-0.2, -0.15) is 0 Å². The van der Waals surface area contributed by atoms with Crippen molar-refractivity contribution < 1.29 is 14.3 Å². The van der Waals surface area contributed by atoms with Gasteiger partial charge in [0.25, 0.3) is 0 Å². The number of benzene rings is 2. The molecule has 0 atom stereocenters. The molecule has 1 amide bonds. The fraction of sp³-hybridized carbons (Fsp3) is 0.238. The summed E-state index contributed by atoms with van der Waals surface area (Å²) in [6.07, 6.45) is 0.235. The molecule has 0 unspecified atom stereocenters. The Kier molecular flexibility index (Phi) is 5.76. The van der Waals surface area contributed by atoms with Crippen LogP contribution in [0.5, 0.6) is 11.5 Å². The molecule has 3 aromatic rings. The highest BCUT2D eigenvalue weighted by molar-refractivity contribution is 7.14. The summed E-state index contributed by atoms with van der Waals surface area (Å²) in [6, 6.07) is 11.7. The summed E-state index contributed by atoms with van der Waals surface area (Å²) < 4.78 is 10.5. The highest BCUT2D eigenvalue weighted by atomic mass is 32.1. The van der Waals surface area contributed by atoms with Crippen LogP contribution < -0.4 is 14.8 Å². The number of methoxy groups -OCH3 is 2. The maximum Gasteiger partial charge on any atom is 0.230 e. The summed E-state index contributed by atoms with van der Waals surface area (Å²) in [5, 5.41) is 5.43. The molecule has 140 valence electrons. The second kappa shape index (κ2) is 8.22. The van der Waals surface area contributed by atoms with Gasteiger partial charge < -0.3 is 14.8 Å². The van der Waals surface area contributed by atoms with Gasteiger partial charge in [-0.15, -0.1) is 11.3 Å². The van der Waals surface area contributed by atoms with Crippen LogP contribution in [0, 0.1) is 13.8 Å². The average Bonchev–Trinajstić information content (AvgIpc) is 3.09. The Morgan fingerprint density at radius 3 is 2.56 bits per heavy atom. The second-order valence-corrected chi connectivity index (χ2v) is 7.13. The fourth-order valence-corrected chi connectivity index (χ4v) is 3.62. The Bertz CT molecular complexity index is 966. The van der Waals surface area contributed by atoms with Gasteiger partial charge in [0.05, 0.1) is 26.3 Å². The van der Waals surface area contributed by atoms with Crippen molar-refractivity contribution in [1.29, 1.82) is 0 Å². The van der Waals surface area contributed by atoms with E-state index in [-0.39, 0.29) is 12.3 Å². The molecule has 1 heterocycles. The van der Waals surface area contributed by atoms with Gasteiger partial charge in [-0.1, -0.05) is 29.8 Å². The first-order chi connectivity index (χ1) is 13.0. The minimum absolute atomic E-state index is 0.122. The van der Waals surface area contributed by atoms with E-state index in [9.17, 15) is 4.79 Å². The molecule has 3 rings (SSSR count). The first-order valence-corrected chi connectivity index (χ1v) is 9.42. The highest BCUT2D eigenvalue weighted by Gasteiger charge is 2.12. The molecule has 1 aromatic heterocycles. The number of amides is 1. The van der Waals surface area contributed by atoms with E-state index in [1.165, 1.54) is 22.5 Å². The lowest BCUT2D eigenvalue weighted by atomic mass is 10.0. The lowest BCUT2D eigenvalue weighted by Crippen LogP contribution is -2.14. The molecule has 5 nitrogen and oxygen atoms in total. The molecule has 0 aliphatic heterocycles. The number of hydrogen-bond donors (Lipinski definition) is 1. The molecule has 2 aromatic carbocycles. The number of ether oxygens (including phenoxy) is 2. The maximum atomic E-state index is 12.4. The molecule has 27 heavy (non-hydrogen) atoms. The van der Waals surface area contributed by atoms with Crippen molar-refractivity contribution in [3.63, 3.8) is 0 Å². The van der Waals surface area contributed by atoms with Crippen LogP contribution in [-0.2, 0) is 11.2 Å². The van der Waals surface area contributed by atoms with Crippen LogP contribution in [0.15, 0.2) is 41.8 Å². The van der Waals surface area contributed by atoms with Gasteiger partial charge in [-0.25, -0.2) is 4.98 Å². The Morgan fingerprint density at radius 1 is 1.07 bits per heavy atom. The predicted molar refractivity (Wildman–Crippen MR) is 109 cm³/mol. The normalized spacial score (nSPS) is 10.5. The molecule has 0 aliphatic rings. The monoisotopic (exact) mass is 382 g/mol. The van der Waals surface area contributed by atoms with Crippen molar-refractivity contribution in [1.82, 2.24) is 4.98 Å². The third-order valence-electron chi connectivity index (χ3n) is 4.22. The number of aryl methyl sites for hydroxylation is 2. The summed E-state index contributed by atoms with van der Waals surface area (Å²) in [5.41, 5.74) is 5.19. The first-order valence-electron chi connectivity index (χ1n) is 8.54. The number of thiazole rings is 1. The number of nitrogens with one attached hydrogen (secondary N) is 1. The van der Waals surface area contributed by atoms with Crippen molar-refractivity contribution in [3.8, 4) is 22.8 Å². The van der Waals surface area contributed by atoms with Crippen molar-refractivity contribution in [3.05, 3.63) is 58.5 Å². The second-order valence-electron chi connectivity index (χ2n) is 6.27. The van der Waals surface area contributed by atoms with E-state index in [0.717, 1.165) is 16.8 Å². The molecule has 0 bridgehead atoms. The molecule has 1 N–H and O–H groups in total. The molecule has 6 heteroatoms. The highest BCUT2D eigenvalue weighted by Crippen LogP contribution is 2.29. The third-order valence-corrected chi connectivity index (χ3v) is 4.98. The van der Waals surface area contributed by atoms with Crippen LogP contribution in [0.3, 0.4) is 0 Å². The van der Waals surface area contributed by atoms with Gasteiger partial charge >= 0.3 is 0 Å². The topological polar surface area (TPSA) is 60.5 Å². The van der Waals surface area contributed by atoms with E-state index in [2.05, 4.69) is 42.3 Å². The van der Waals surface area contributed by atoms with Crippen LogP contribution in [0.25, 0.3) is 11.3 Å². The summed E-state index contributed by atoms with van der Waals surface area (Å²) in [6.45, 7) is 4.13. The van der Waals surface area contributed by atoms with Crippen molar-refractivity contribution in [2.24, 2.45) is 0 Å². The minimum Gasteiger partial charge on any atom is -0.493 e. The zero-order valence-electron chi connectivity index (χ0n) is 15.8. The average molecular weight is 382 g/mol. The van der Waals surface area contributed by atoms with Crippen LogP contribution >= 0.6 is 11.3 Å². The molecule has 0 aliphatic carbocycles. The van der Waals surface area contributed by atoms with Gasteiger partial charge in [-0.05, 0) is 37.1 Å². The van der Waals surface area contributed by atoms with Crippen molar-refractivity contribution in [2.45, 2.75) is 20.3 Å². The maximum absolute atomic E-state index is 12.4. The van der Waals surface area contributed by atoms with E-state index in [0.29, 0.717) is 16.6 Å². The minimum atomic E-state index is -0.122. The molecular weight excluding hydrogens is 360 g/mol. The fourth-order valence-electron chi connectivity index (χ4n) is 2.90. The lowest BCUT2D eigenvalue weighted by Gasteiger charge is -2.09. The van der Waals surface area contributed by atoms with Crippen molar-refractivity contribution >= 4 is 22.4 Å². The number of anilines is 1. The van der Waals surface area contributed by atoms with Crippen LogP contribution in [0.1, 0.15) is 16.7 Å². The molecule has 0 saturated heterocycles. The zero-order chi connectivity index (χ0) is 19.4. The molecule has 0 saturated carbocycles. The van der Waals surface area contributed by atoms with E-state index in [1.54, 1.807) is 26.4 Å². The first kappa shape index (κ1) is 18.9. The van der Waals surface area contributed by atoms with Gasteiger partial charge in [0, 0.05) is 10.9 Å². The molecule has 0 spiro atoms. The zero-order valence-corrected chi connectivity index (χ0v) is 16.6. The number of rotatable bonds is 6. The van der Waals surface area contributed by atoms with E-state index in [1.807, 2.05) is 11.4 Å². The van der Waals surface area contributed by atoms with Gasteiger partial charge in [-0.3, -0.25) is 4.79 Å². The Morgan fingerprint density at radius 2 is 1.85 bits per heavy atom. The van der Waals surface area contributed by atoms with Gasteiger partial charge in [0.2, 0.25) is 5.91 Å². The Balaban J connectivity index is 1.69. The van der Waals surface area contributed by atoms with Gasteiger partial charge in [0.1, 0.15) is 0 Å². The van der Waals surface area contributed by atoms with Crippen LogP contribution in [0.4, 0.5) is 5.13 Å². The number of nitrogens with zero attached hydrogens (tertiary/aromatic N) is 1. The number of hydrogen-bond acceptors (Lipinski definition) is 5. The predicted octanol–water partition coefficient (Wildman–Crippen LogP) is 4.63. The Labute approximate surface area is 163 Å². The van der Waals surface area contributed by atoms with Crippen molar-refractivity contribution in [2.75, 3.05) is 19.5 Å². The SMILES string of the molecule is COc1ccc(CC(=O)Nc2nc(-c3ccc(C)cc3C)cs2)cc1OC. The lowest BCUT2D eigenvalue weighted by molar-refractivity contribution is -0.115. The standard InChI is InChI=1S/C21H22N2O3S/c1-13-5-7-16(14(2)9-13)17-12-27-21(22-17)23-20(24)11-15-6-8-18(25-3)19(10-15)26-4/h5-10,12H,11H2,1-4H3,(H,22,23,24). The van der Waals surface area contributed by atoms with Gasteiger partial charge in [0.15, 0.2) is 16.6 Å². The number of aromatic nitrogens is 1. The molecule has 0 fully saturated rings. The summed E-state index contributed by atoms with van der Waals surface area (Å²) in [7, 11) is 3.16. The quantitative estimate of drug-likeness (QED) is 0.675. The smallest absolute Gasteiger partial charge is 0.230 e. The largest absolute Gasteiger partial charge is 0.493 e. The number of carbonyl (C=O) groups excluding carboxylic acids is 1. The summed E-state index contributed by atoms with van der Waals surface area (Å²) in [4.78, 5) is 16.9. The Hall–Kier alpha value is -2.86. The van der Waals surface area contributed by atoms with Crippen LogP contribution in [0.2, 0.25) is 0 Å². The number of carbonyl (C=O) groups is 1.